The second kappa shape index (κ2) is 21.3. The van der Waals surface area contributed by atoms with Gasteiger partial charge in [-0.15, -0.1) is 10.2 Å². The van der Waals surface area contributed by atoms with Crippen LogP contribution in [0.2, 0.25) is 5.28 Å². The third-order valence-electron chi connectivity index (χ3n) is 7.54. The van der Waals surface area contributed by atoms with Gasteiger partial charge in [0.1, 0.15) is 30.8 Å². The van der Waals surface area contributed by atoms with Crippen LogP contribution in [-0.2, 0) is 54.8 Å². The molecule has 1 heterocycles. The molecular weight excluding hydrogens is 967 g/mol. The van der Waals surface area contributed by atoms with Crippen molar-refractivity contribution in [3.8, 4) is 5.75 Å². The maximum Gasteiger partial charge on any atom is 1.00 e. The number of hydrogen-bond acceptors (Lipinski definition) is 21. The van der Waals surface area contributed by atoms with E-state index in [9.17, 15) is 60.9 Å². The van der Waals surface area contributed by atoms with Gasteiger partial charge in [0.25, 0.3) is 10.1 Å². The number of sulfone groups is 1. The molecule has 0 amide bonds. The maximum absolute atomic E-state index is 14.0. The molecule has 23 nitrogen and oxygen atoms in total. The third-order valence-corrected chi connectivity index (χ3v) is 12.4. The summed E-state index contributed by atoms with van der Waals surface area (Å²) in [6, 6.07) is 11.2. The molecule has 5 rings (SSSR count). The number of aromatic nitrogens is 3. The molecule has 4 aromatic carbocycles. The summed E-state index contributed by atoms with van der Waals surface area (Å²) >= 11 is 6.19. The molecule has 32 heteroatoms. The first-order chi connectivity index (χ1) is 26.8. The van der Waals surface area contributed by atoms with Gasteiger partial charge in [-0.05, 0) is 77.8 Å². The van der Waals surface area contributed by atoms with Gasteiger partial charge in [0.2, 0.25) is 17.2 Å². The van der Waals surface area contributed by atoms with Crippen LogP contribution >= 0.6 is 11.6 Å². The average Bonchev–Trinajstić information content (AvgIpc) is 3.09. The molecule has 0 bridgehead atoms. The van der Waals surface area contributed by atoms with E-state index >= 15 is 0 Å². The molecule has 0 aliphatic rings. The SMILES string of the molecule is CCN(c1cccc(S(=O)(=O)CCOS(=O)(=O)O)c1)c1nc(Cl)nc(Nc2cc(S(=O)(=O)[O-])cc3cc(S(=O)(=O)O)c(N=Nc4ccccc4S(=O)(=O)[O-])c([O-])c23)n1.[Na+].[Na+].[Na+]. The van der Waals surface area contributed by atoms with Crippen molar-refractivity contribution in [2.24, 2.45) is 10.2 Å². The molecule has 0 fully saturated rings. The molecule has 310 valence electrons. The van der Waals surface area contributed by atoms with Crippen LogP contribution in [0.4, 0.5) is 34.6 Å². The molecule has 61 heavy (non-hydrogen) atoms. The molecule has 1 aromatic heterocycles. The van der Waals surface area contributed by atoms with E-state index in [0.29, 0.717) is 18.2 Å². The Bertz CT molecular complexity index is 3080. The van der Waals surface area contributed by atoms with Crippen LogP contribution in [-0.4, -0.2) is 94.2 Å². The first kappa shape index (κ1) is 55.1. The van der Waals surface area contributed by atoms with E-state index in [1.807, 2.05) is 0 Å². The van der Waals surface area contributed by atoms with Crippen LogP contribution < -0.4 is 104 Å². The van der Waals surface area contributed by atoms with Gasteiger partial charge in [-0.1, -0.05) is 23.9 Å². The summed E-state index contributed by atoms with van der Waals surface area (Å²) in [6.07, 6.45) is 0. The van der Waals surface area contributed by atoms with E-state index in [-0.39, 0.29) is 112 Å². The summed E-state index contributed by atoms with van der Waals surface area (Å²) in [5.41, 5.74) is -2.25. The van der Waals surface area contributed by atoms with Crippen LogP contribution in [0.3, 0.4) is 0 Å². The number of fused-ring (bicyclic) bond motifs is 1. The molecule has 0 saturated carbocycles. The number of azo groups is 1. The van der Waals surface area contributed by atoms with E-state index < -0.39 is 122 Å². The standard InChI is InChI=1S/C29H26ClN7O16S5.3Na/c1-2-37(17-6-5-7-18(14-17)54(39,40)11-10-53-58(50,51)52)29-33-27(30)32-28(34-29)31-21-15-19(55(41,42)43)12-16-13-23(57(47,48)49)25(26(38)24(16)21)36-35-20-8-3-4-9-22(20)56(44,45)46;;;/h3-9,12-15,38H,2,10-11H2,1H3,(H,41,42,43)(H,44,45,46)(H,47,48,49)(H,50,51,52)(H,31,32,33,34);;;/q;3*+1/p-3. The molecule has 0 aliphatic heterocycles. The fourth-order valence-electron chi connectivity index (χ4n) is 5.12. The molecule has 3 N–H and O–H groups in total. The number of rotatable bonds is 15. The smallest absolute Gasteiger partial charge is 0.870 e. The van der Waals surface area contributed by atoms with Gasteiger partial charge in [0.15, 0.2) is 9.84 Å². The van der Waals surface area contributed by atoms with Crippen LogP contribution in [0.1, 0.15) is 6.92 Å². The van der Waals surface area contributed by atoms with E-state index in [1.54, 1.807) is 6.92 Å². The Balaban J connectivity index is 0.00000427. The Hall–Kier alpha value is -2.01. The molecule has 0 aliphatic carbocycles. The molecule has 0 saturated heterocycles. The summed E-state index contributed by atoms with van der Waals surface area (Å²) in [5.74, 6) is -3.09. The van der Waals surface area contributed by atoms with E-state index in [4.69, 9.17) is 16.2 Å². The van der Waals surface area contributed by atoms with Gasteiger partial charge in [-0.2, -0.15) is 31.8 Å². The van der Waals surface area contributed by atoms with E-state index in [1.165, 1.54) is 29.2 Å². The Kier molecular flexibility index (Phi) is 19.3. The van der Waals surface area contributed by atoms with Crippen LogP contribution in [0.15, 0.2) is 96.5 Å². The summed E-state index contributed by atoms with van der Waals surface area (Å²) in [5, 5.41) is 21.9. The van der Waals surface area contributed by atoms with Crippen molar-refractivity contribution in [2.75, 3.05) is 29.1 Å². The topological polar surface area (TPSA) is 368 Å². The fourth-order valence-corrected chi connectivity index (χ4v) is 8.60. The first-order valence-electron chi connectivity index (χ1n) is 15.4. The molecular formula is C29H23ClN7Na3O16S5. The Labute approximate surface area is 419 Å². The number of hydrogen-bond donors (Lipinski definition) is 3. The zero-order valence-electron chi connectivity index (χ0n) is 31.7. The second-order valence-corrected chi connectivity index (χ2v) is 19.0. The van der Waals surface area contributed by atoms with Gasteiger partial charge in [0.05, 0.1) is 32.7 Å². The fraction of sp³-hybridized carbons (Fsp3) is 0.138. The maximum atomic E-state index is 14.0. The van der Waals surface area contributed by atoms with Gasteiger partial charge < -0.3 is 24.4 Å². The molecule has 0 spiro atoms. The van der Waals surface area contributed by atoms with Crippen molar-refractivity contribution in [1.82, 2.24) is 15.0 Å². The number of anilines is 4. The Morgan fingerprint density at radius 1 is 0.787 bits per heavy atom. The Morgan fingerprint density at radius 2 is 1.44 bits per heavy atom. The molecule has 0 radical (unpaired) electrons. The number of nitrogens with zero attached hydrogens (tertiary/aromatic N) is 6. The number of benzene rings is 4. The van der Waals surface area contributed by atoms with Gasteiger partial charge in [-0.25, -0.2) is 29.4 Å². The van der Waals surface area contributed by atoms with Crippen molar-refractivity contribution in [2.45, 2.75) is 26.5 Å². The minimum atomic E-state index is -5.40. The third kappa shape index (κ3) is 14.0. The normalized spacial score (nSPS) is 12.3. The number of halogens is 1. The molecule has 0 atom stereocenters. The first-order valence-corrected chi connectivity index (χ1v) is 23.1. The Morgan fingerprint density at radius 3 is 2.03 bits per heavy atom. The van der Waals surface area contributed by atoms with Crippen molar-refractivity contribution < 1.29 is 158 Å². The minimum absolute atomic E-state index is 0. The van der Waals surface area contributed by atoms with Crippen molar-refractivity contribution in [1.29, 1.82) is 0 Å². The van der Waals surface area contributed by atoms with Crippen LogP contribution in [0.5, 0.6) is 5.75 Å². The summed E-state index contributed by atoms with van der Waals surface area (Å²) in [7, 11) is -25.1. The van der Waals surface area contributed by atoms with Gasteiger partial charge >= 0.3 is 99.1 Å². The zero-order chi connectivity index (χ0) is 43.0. The summed E-state index contributed by atoms with van der Waals surface area (Å²) < 4.78 is 167. The van der Waals surface area contributed by atoms with Crippen molar-refractivity contribution >= 4 is 108 Å². The van der Waals surface area contributed by atoms with Crippen molar-refractivity contribution in [3.05, 3.63) is 72.0 Å². The summed E-state index contributed by atoms with van der Waals surface area (Å²) in [4.78, 5) is 9.93. The van der Waals surface area contributed by atoms with E-state index in [2.05, 4.69) is 34.7 Å². The quantitative estimate of drug-likeness (QED) is 0.0499. The predicted octanol–water partition coefficient (Wildman–Crippen LogP) is -6.27. The molecule has 5 aromatic rings. The van der Waals surface area contributed by atoms with Gasteiger partial charge in [-0.3, -0.25) is 9.11 Å². The average molecular weight is 990 g/mol. The van der Waals surface area contributed by atoms with Gasteiger partial charge in [0, 0.05) is 17.9 Å². The second-order valence-electron chi connectivity index (χ2n) is 11.3. The monoisotopic (exact) mass is 989 g/mol. The predicted molar refractivity (Wildman–Crippen MR) is 197 cm³/mol. The molecule has 0 unspecified atom stereocenters. The minimum Gasteiger partial charge on any atom is -0.870 e. The van der Waals surface area contributed by atoms with Crippen molar-refractivity contribution in [3.63, 3.8) is 0 Å². The summed E-state index contributed by atoms with van der Waals surface area (Å²) in [6.45, 7) is 0.687. The van der Waals surface area contributed by atoms with Crippen LogP contribution in [0, 0.1) is 0 Å². The largest absolute Gasteiger partial charge is 1.00 e. The number of nitrogens with one attached hydrogen (secondary N) is 1. The van der Waals surface area contributed by atoms with E-state index in [0.717, 1.165) is 24.3 Å². The van der Waals surface area contributed by atoms with Crippen LogP contribution in [0.25, 0.3) is 10.8 Å². The zero-order valence-corrected chi connectivity index (χ0v) is 42.5.